The second-order valence-corrected chi connectivity index (χ2v) is 3.10. The van der Waals surface area contributed by atoms with Crippen LogP contribution in [0.4, 0.5) is 4.39 Å². The molecule has 0 bridgehead atoms. The second-order valence-electron chi connectivity index (χ2n) is 3.10. The second kappa shape index (κ2) is 2.84. The molecule has 1 aliphatic rings. The molecular weight excluding hydrogens is 155 g/mol. The molecule has 1 aromatic rings. The Hall–Kier alpha value is -0.930. The number of hydrogen-bond donors (Lipinski definition) is 1. The Morgan fingerprint density at radius 3 is 3.08 bits per heavy atom. The predicted octanol–water partition coefficient (Wildman–Crippen LogP) is 1.06. The van der Waals surface area contributed by atoms with Crippen molar-refractivity contribution >= 4 is 0 Å². The number of rotatable bonds is 0. The maximum Gasteiger partial charge on any atom is 0.128 e. The zero-order valence-electron chi connectivity index (χ0n) is 6.76. The van der Waals surface area contributed by atoms with E-state index < -0.39 is 0 Å². The first kappa shape index (κ1) is 7.71. The van der Waals surface area contributed by atoms with Crippen LogP contribution in [0.15, 0.2) is 18.2 Å². The quantitative estimate of drug-likeness (QED) is 0.584. The summed E-state index contributed by atoms with van der Waals surface area (Å²) >= 11 is 0. The van der Waals surface area contributed by atoms with E-state index in [1.54, 1.807) is 11.1 Å². The number of nitrogens with zero attached hydrogens (tertiary/aromatic N) is 1. The molecule has 1 aromatic carbocycles. The lowest BCUT2D eigenvalue weighted by Crippen LogP contribution is -2.36. The molecule has 0 fully saturated rings. The lowest BCUT2D eigenvalue weighted by molar-refractivity contribution is 0.257. The highest BCUT2D eigenvalue weighted by Crippen LogP contribution is 2.19. The van der Waals surface area contributed by atoms with Crippen LogP contribution in [-0.2, 0) is 13.0 Å². The molecule has 64 valence electrons. The number of fused-ring (bicyclic) bond motifs is 1. The monoisotopic (exact) mass is 166 g/mol. The lowest BCUT2D eigenvalue weighted by atomic mass is 10.0. The third-order valence-corrected chi connectivity index (χ3v) is 2.25. The van der Waals surface area contributed by atoms with Crippen LogP contribution in [0.3, 0.4) is 0 Å². The molecule has 0 unspecified atom stereocenters. The van der Waals surface area contributed by atoms with Crippen molar-refractivity contribution in [2.24, 2.45) is 5.84 Å². The molecule has 0 saturated heterocycles. The first-order valence-electron chi connectivity index (χ1n) is 4.03. The normalized spacial score (nSPS) is 17.5. The van der Waals surface area contributed by atoms with E-state index in [1.165, 1.54) is 6.07 Å². The minimum absolute atomic E-state index is 0.136. The van der Waals surface area contributed by atoms with Crippen molar-refractivity contribution in [2.75, 3.05) is 6.54 Å². The van der Waals surface area contributed by atoms with Crippen molar-refractivity contribution in [2.45, 2.75) is 13.0 Å². The van der Waals surface area contributed by atoms with E-state index in [-0.39, 0.29) is 5.82 Å². The van der Waals surface area contributed by atoms with E-state index in [0.29, 0.717) is 6.54 Å². The average Bonchev–Trinajstić information content (AvgIpc) is 2.07. The van der Waals surface area contributed by atoms with Gasteiger partial charge in [-0.25, -0.2) is 9.40 Å². The van der Waals surface area contributed by atoms with Gasteiger partial charge in [-0.3, -0.25) is 5.84 Å². The van der Waals surface area contributed by atoms with Crippen molar-refractivity contribution < 1.29 is 4.39 Å². The standard InChI is InChI=1S/C9H11FN2/c10-9-3-1-2-7-4-5-12(11)6-8(7)9/h1-3H,4-6,11H2. The molecule has 1 aliphatic heterocycles. The van der Waals surface area contributed by atoms with Gasteiger partial charge in [-0.15, -0.1) is 0 Å². The zero-order chi connectivity index (χ0) is 8.55. The Balaban J connectivity index is 2.43. The largest absolute Gasteiger partial charge is 0.268 e. The van der Waals surface area contributed by atoms with Crippen molar-refractivity contribution in [1.29, 1.82) is 0 Å². The molecule has 3 heteroatoms. The SMILES string of the molecule is NN1CCc2cccc(F)c2C1. The molecule has 2 nitrogen and oxygen atoms in total. The third kappa shape index (κ3) is 1.21. The van der Waals surface area contributed by atoms with Gasteiger partial charge >= 0.3 is 0 Å². The molecule has 0 aromatic heterocycles. The molecule has 0 saturated carbocycles. The highest BCUT2D eigenvalue weighted by atomic mass is 19.1. The fourth-order valence-corrected chi connectivity index (χ4v) is 1.56. The van der Waals surface area contributed by atoms with Gasteiger partial charge in [0.25, 0.3) is 0 Å². The molecule has 2 rings (SSSR count). The van der Waals surface area contributed by atoms with E-state index in [9.17, 15) is 4.39 Å². The van der Waals surface area contributed by atoms with Crippen LogP contribution in [0.2, 0.25) is 0 Å². The summed E-state index contributed by atoms with van der Waals surface area (Å²) in [5, 5.41) is 1.64. The topological polar surface area (TPSA) is 29.3 Å². The van der Waals surface area contributed by atoms with Gasteiger partial charge in [0.05, 0.1) is 0 Å². The van der Waals surface area contributed by atoms with E-state index in [4.69, 9.17) is 5.84 Å². The minimum atomic E-state index is -0.136. The molecule has 0 amide bonds. The first-order chi connectivity index (χ1) is 5.77. The van der Waals surface area contributed by atoms with Crippen molar-refractivity contribution in [3.63, 3.8) is 0 Å². The molecule has 2 N–H and O–H groups in total. The first-order valence-corrected chi connectivity index (χ1v) is 4.03. The Morgan fingerprint density at radius 2 is 2.25 bits per heavy atom. The molecule has 0 radical (unpaired) electrons. The van der Waals surface area contributed by atoms with E-state index >= 15 is 0 Å². The molecular formula is C9H11FN2. The third-order valence-electron chi connectivity index (χ3n) is 2.25. The Morgan fingerprint density at radius 1 is 1.42 bits per heavy atom. The summed E-state index contributed by atoms with van der Waals surface area (Å²) in [6.07, 6.45) is 0.851. The summed E-state index contributed by atoms with van der Waals surface area (Å²) in [5.41, 5.74) is 1.85. The minimum Gasteiger partial charge on any atom is -0.268 e. The fraction of sp³-hybridized carbons (Fsp3) is 0.333. The van der Waals surface area contributed by atoms with E-state index in [2.05, 4.69) is 0 Å². The highest BCUT2D eigenvalue weighted by Gasteiger charge is 2.15. The van der Waals surface area contributed by atoms with Gasteiger partial charge in [0.15, 0.2) is 0 Å². The van der Waals surface area contributed by atoms with Gasteiger partial charge in [0, 0.05) is 18.7 Å². The maximum atomic E-state index is 13.2. The molecule has 0 spiro atoms. The number of halogens is 1. The van der Waals surface area contributed by atoms with Crippen LogP contribution in [0.5, 0.6) is 0 Å². The van der Waals surface area contributed by atoms with E-state index in [0.717, 1.165) is 24.1 Å². The molecule has 0 atom stereocenters. The number of benzene rings is 1. The Bertz CT molecular complexity index is 299. The maximum absolute atomic E-state index is 13.2. The smallest absolute Gasteiger partial charge is 0.128 e. The van der Waals surface area contributed by atoms with Gasteiger partial charge < -0.3 is 0 Å². The summed E-state index contributed by atoms with van der Waals surface area (Å²) in [4.78, 5) is 0. The molecule has 0 aliphatic carbocycles. The van der Waals surface area contributed by atoms with Crippen LogP contribution in [0.1, 0.15) is 11.1 Å². The van der Waals surface area contributed by atoms with Crippen LogP contribution >= 0.6 is 0 Å². The Labute approximate surface area is 70.8 Å². The highest BCUT2D eigenvalue weighted by molar-refractivity contribution is 5.30. The van der Waals surface area contributed by atoms with Gasteiger partial charge in [-0.1, -0.05) is 12.1 Å². The van der Waals surface area contributed by atoms with Gasteiger partial charge in [0.2, 0.25) is 0 Å². The van der Waals surface area contributed by atoms with Crippen LogP contribution < -0.4 is 5.84 Å². The summed E-state index contributed by atoms with van der Waals surface area (Å²) in [6, 6.07) is 5.20. The van der Waals surface area contributed by atoms with Gasteiger partial charge in [-0.05, 0) is 18.1 Å². The molecule has 1 heterocycles. The summed E-state index contributed by atoms with van der Waals surface area (Å²) < 4.78 is 13.2. The molecule has 12 heavy (non-hydrogen) atoms. The Kier molecular flexibility index (Phi) is 1.83. The van der Waals surface area contributed by atoms with E-state index in [1.807, 2.05) is 6.07 Å². The van der Waals surface area contributed by atoms with Crippen LogP contribution in [0.25, 0.3) is 0 Å². The van der Waals surface area contributed by atoms with Crippen LogP contribution in [0, 0.1) is 5.82 Å². The average molecular weight is 166 g/mol. The van der Waals surface area contributed by atoms with Crippen molar-refractivity contribution in [3.05, 3.63) is 35.1 Å². The van der Waals surface area contributed by atoms with Gasteiger partial charge in [0.1, 0.15) is 5.82 Å². The summed E-state index contributed by atoms with van der Waals surface area (Å²) in [7, 11) is 0. The zero-order valence-corrected chi connectivity index (χ0v) is 6.76. The van der Waals surface area contributed by atoms with Crippen molar-refractivity contribution in [1.82, 2.24) is 5.01 Å². The number of hydrogen-bond acceptors (Lipinski definition) is 2. The summed E-state index contributed by atoms with van der Waals surface area (Å²) in [6.45, 7) is 1.35. The lowest BCUT2D eigenvalue weighted by Gasteiger charge is -2.24. The number of nitrogens with two attached hydrogens (primary N) is 1. The van der Waals surface area contributed by atoms with Crippen molar-refractivity contribution in [3.8, 4) is 0 Å². The predicted molar refractivity (Wildman–Crippen MR) is 44.7 cm³/mol. The number of hydrazine groups is 1. The fourth-order valence-electron chi connectivity index (χ4n) is 1.56. The summed E-state index contributed by atoms with van der Waals surface area (Å²) in [5.74, 6) is 5.45. The van der Waals surface area contributed by atoms with Gasteiger partial charge in [-0.2, -0.15) is 0 Å². The van der Waals surface area contributed by atoms with Crippen LogP contribution in [-0.4, -0.2) is 11.6 Å².